The Balaban J connectivity index is 1.71. The van der Waals surface area contributed by atoms with E-state index in [4.69, 9.17) is 0 Å². The van der Waals surface area contributed by atoms with Gasteiger partial charge in [0.25, 0.3) is 0 Å². The van der Waals surface area contributed by atoms with Crippen molar-refractivity contribution in [2.75, 3.05) is 11.9 Å². The molecule has 3 rings (SSSR count). The third-order valence-corrected chi connectivity index (χ3v) is 4.58. The van der Waals surface area contributed by atoms with Gasteiger partial charge in [-0.3, -0.25) is 0 Å². The number of nitrogens with one attached hydrogen (secondary N) is 1. The molecule has 0 radical (unpaired) electrons. The smallest absolute Gasteiger partial charge is 0.166 e. The van der Waals surface area contributed by atoms with E-state index in [0.717, 1.165) is 24.2 Å². The molecule has 0 spiro atoms. The van der Waals surface area contributed by atoms with Gasteiger partial charge in [0.15, 0.2) is 5.82 Å². The Kier molecular flexibility index (Phi) is 3.81. The summed E-state index contributed by atoms with van der Waals surface area (Å²) < 4.78 is 0. The van der Waals surface area contributed by atoms with Crippen LogP contribution >= 0.6 is 0 Å². The van der Waals surface area contributed by atoms with E-state index in [1.54, 1.807) is 0 Å². The van der Waals surface area contributed by atoms with Crippen LogP contribution in [0, 0.1) is 30.6 Å². The van der Waals surface area contributed by atoms with E-state index in [1.807, 2.05) is 19.9 Å². The van der Waals surface area contributed by atoms with Gasteiger partial charge in [-0.1, -0.05) is 30.3 Å². The summed E-state index contributed by atoms with van der Waals surface area (Å²) in [4.78, 5) is 0. The lowest BCUT2D eigenvalue weighted by Crippen LogP contribution is -2.20. The van der Waals surface area contributed by atoms with Crippen molar-refractivity contribution in [3.63, 3.8) is 0 Å². The minimum atomic E-state index is 0.300. The highest BCUT2D eigenvalue weighted by Gasteiger charge is 2.42. The summed E-state index contributed by atoms with van der Waals surface area (Å²) in [6.45, 7) is 4.64. The minimum absolute atomic E-state index is 0.300. The summed E-state index contributed by atoms with van der Waals surface area (Å²) in [5.74, 6) is 0.616. The number of hydrogen-bond acceptors (Lipinski definition) is 4. The first-order valence-electron chi connectivity index (χ1n) is 7.65. The fraction of sp³-hybridized carbons (Fsp3) is 0.389. The fourth-order valence-electron chi connectivity index (χ4n) is 2.76. The minimum Gasteiger partial charge on any atom is -0.367 e. The van der Waals surface area contributed by atoms with Gasteiger partial charge >= 0.3 is 0 Å². The van der Waals surface area contributed by atoms with Crippen molar-refractivity contribution in [1.82, 2.24) is 10.2 Å². The van der Waals surface area contributed by atoms with Crippen molar-refractivity contribution in [1.29, 1.82) is 5.26 Å². The van der Waals surface area contributed by atoms with E-state index in [-0.39, 0.29) is 0 Å². The molecule has 1 saturated carbocycles. The lowest BCUT2D eigenvalue weighted by Gasteiger charge is -2.17. The maximum atomic E-state index is 9.35. The molecule has 112 valence electrons. The quantitative estimate of drug-likeness (QED) is 0.917. The zero-order chi connectivity index (χ0) is 15.6. The number of aromatic nitrogens is 2. The van der Waals surface area contributed by atoms with Gasteiger partial charge in [0.2, 0.25) is 0 Å². The molecule has 1 heterocycles. The highest BCUT2D eigenvalue weighted by molar-refractivity contribution is 5.56. The Labute approximate surface area is 131 Å². The van der Waals surface area contributed by atoms with Crippen LogP contribution in [0.15, 0.2) is 30.3 Å². The topological polar surface area (TPSA) is 61.6 Å². The monoisotopic (exact) mass is 292 g/mol. The van der Waals surface area contributed by atoms with Crippen molar-refractivity contribution in [2.45, 2.75) is 33.1 Å². The van der Waals surface area contributed by atoms with Crippen LogP contribution in [-0.4, -0.2) is 16.7 Å². The predicted molar refractivity (Wildman–Crippen MR) is 86.5 cm³/mol. The number of anilines is 1. The van der Waals surface area contributed by atoms with E-state index in [2.05, 4.69) is 45.8 Å². The average molecular weight is 292 g/mol. The van der Waals surface area contributed by atoms with Gasteiger partial charge in [0, 0.05) is 6.54 Å². The third-order valence-electron chi connectivity index (χ3n) is 4.58. The van der Waals surface area contributed by atoms with Crippen molar-refractivity contribution in [2.24, 2.45) is 5.41 Å². The number of benzene rings is 1. The maximum absolute atomic E-state index is 9.35. The second-order valence-electron chi connectivity index (χ2n) is 6.26. The van der Waals surface area contributed by atoms with Gasteiger partial charge in [-0.2, -0.15) is 10.4 Å². The van der Waals surface area contributed by atoms with E-state index in [9.17, 15) is 5.26 Å². The lowest BCUT2D eigenvalue weighted by atomic mass is 9.96. The molecule has 1 aliphatic carbocycles. The van der Waals surface area contributed by atoms with E-state index >= 15 is 0 Å². The summed E-state index contributed by atoms with van der Waals surface area (Å²) in [6.07, 6.45) is 3.51. The number of nitriles is 1. The maximum Gasteiger partial charge on any atom is 0.166 e. The molecule has 1 N–H and O–H groups in total. The zero-order valence-electron chi connectivity index (χ0n) is 13.1. The molecular weight excluding hydrogens is 272 g/mol. The molecule has 22 heavy (non-hydrogen) atoms. The molecule has 2 aromatic rings. The van der Waals surface area contributed by atoms with Crippen molar-refractivity contribution < 1.29 is 0 Å². The second kappa shape index (κ2) is 5.76. The van der Waals surface area contributed by atoms with Crippen LogP contribution in [0.3, 0.4) is 0 Å². The van der Waals surface area contributed by atoms with Crippen molar-refractivity contribution >= 4 is 5.82 Å². The third kappa shape index (κ3) is 2.94. The highest BCUT2D eigenvalue weighted by Crippen LogP contribution is 2.48. The largest absolute Gasteiger partial charge is 0.367 e. The van der Waals surface area contributed by atoms with Crippen LogP contribution in [0.4, 0.5) is 5.82 Å². The Morgan fingerprint density at radius 2 is 1.91 bits per heavy atom. The summed E-state index contributed by atoms with van der Waals surface area (Å²) in [5.41, 5.74) is 4.01. The molecule has 1 aliphatic rings. The van der Waals surface area contributed by atoms with Crippen LogP contribution in [0.25, 0.3) is 0 Å². The summed E-state index contributed by atoms with van der Waals surface area (Å²) in [5, 5.41) is 21.0. The molecule has 0 bridgehead atoms. The molecule has 1 aromatic carbocycles. The normalized spacial score (nSPS) is 15.1. The van der Waals surface area contributed by atoms with Crippen LogP contribution < -0.4 is 5.32 Å². The Bertz CT molecular complexity index is 712. The van der Waals surface area contributed by atoms with Gasteiger partial charge in [-0.15, -0.1) is 5.10 Å². The Hall–Kier alpha value is -2.41. The molecule has 0 unspecified atom stereocenters. The van der Waals surface area contributed by atoms with E-state index in [0.29, 0.717) is 16.8 Å². The molecule has 1 fully saturated rings. The predicted octanol–water partition coefficient (Wildman–Crippen LogP) is 3.40. The van der Waals surface area contributed by atoms with Crippen molar-refractivity contribution in [3.05, 3.63) is 52.7 Å². The Morgan fingerprint density at radius 1 is 1.18 bits per heavy atom. The van der Waals surface area contributed by atoms with Crippen molar-refractivity contribution in [3.8, 4) is 6.07 Å². The first-order chi connectivity index (χ1) is 10.6. The SMILES string of the molecule is Cc1nnc(NCC2(Cc3ccccc3)CC2)c(C#N)c1C. The number of aryl methyl sites for hydroxylation is 1. The van der Waals surface area contributed by atoms with Gasteiger partial charge in [-0.25, -0.2) is 0 Å². The molecule has 4 nitrogen and oxygen atoms in total. The zero-order valence-corrected chi connectivity index (χ0v) is 13.1. The lowest BCUT2D eigenvalue weighted by molar-refractivity contribution is 0.537. The average Bonchev–Trinajstić information content (AvgIpc) is 3.29. The van der Waals surface area contributed by atoms with Crippen LogP contribution in [-0.2, 0) is 6.42 Å². The van der Waals surface area contributed by atoms with E-state index < -0.39 is 0 Å². The molecule has 0 amide bonds. The number of hydrogen-bond donors (Lipinski definition) is 1. The first kappa shape index (κ1) is 14.5. The fourth-order valence-corrected chi connectivity index (χ4v) is 2.76. The standard InChI is InChI=1S/C18H20N4/c1-13-14(2)21-22-17(16(13)11-19)20-12-18(8-9-18)10-15-6-4-3-5-7-15/h3-7H,8-10,12H2,1-2H3,(H,20,22). The summed E-state index contributed by atoms with van der Waals surface area (Å²) >= 11 is 0. The first-order valence-corrected chi connectivity index (χ1v) is 7.65. The second-order valence-corrected chi connectivity index (χ2v) is 6.26. The Morgan fingerprint density at radius 3 is 2.55 bits per heavy atom. The number of nitrogens with zero attached hydrogens (tertiary/aromatic N) is 3. The van der Waals surface area contributed by atoms with Crippen LogP contribution in [0.1, 0.15) is 35.2 Å². The summed E-state index contributed by atoms with van der Waals surface area (Å²) in [7, 11) is 0. The van der Waals surface area contributed by atoms with Crippen LogP contribution in [0.2, 0.25) is 0 Å². The van der Waals surface area contributed by atoms with Gasteiger partial charge in [-0.05, 0) is 49.7 Å². The molecule has 0 saturated heterocycles. The molecule has 0 aliphatic heterocycles. The molecule has 0 atom stereocenters. The van der Waals surface area contributed by atoms with Crippen LogP contribution in [0.5, 0.6) is 0 Å². The highest BCUT2D eigenvalue weighted by atomic mass is 15.2. The van der Waals surface area contributed by atoms with Gasteiger partial charge in [0.05, 0.1) is 5.69 Å². The number of rotatable bonds is 5. The molecule has 1 aromatic heterocycles. The summed E-state index contributed by atoms with van der Waals surface area (Å²) in [6, 6.07) is 12.8. The molecular formula is C18H20N4. The van der Waals surface area contributed by atoms with E-state index in [1.165, 1.54) is 18.4 Å². The van der Waals surface area contributed by atoms with Gasteiger partial charge in [0.1, 0.15) is 11.6 Å². The van der Waals surface area contributed by atoms with Gasteiger partial charge < -0.3 is 5.32 Å². The molecule has 4 heteroatoms.